The fraction of sp³-hybridized carbons (Fsp3) is 0. The lowest BCUT2D eigenvalue weighted by atomic mass is 10.2. The van der Waals surface area contributed by atoms with Crippen molar-refractivity contribution in [2.24, 2.45) is 0 Å². The second kappa shape index (κ2) is 5.72. The third-order valence-electron chi connectivity index (χ3n) is 3.67. The fourth-order valence-corrected chi connectivity index (χ4v) is 2.50. The van der Waals surface area contributed by atoms with Crippen LogP contribution in [0.25, 0.3) is 21.9 Å². The van der Waals surface area contributed by atoms with Crippen LogP contribution in [0, 0.1) is 0 Å². The molecule has 0 aliphatic rings. The van der Waals surface area contributed by atoms with Gasteiger partial charge in [0.15, 0.2) is 5.58 Å². The summed E-state index contributed by atoms with van der Waals surface area (Å²) in [5.74, 6) is -0.537. The molecule has 0 unspecified atom stereocenters. The van der Waals surface area contributed by atoms with Gasteiger partial charge in [-0.25, -0.2) is 9.59 Å². The molecule has 122 valence electrons. The van der Waals surface area contributed by atoms with E-state index >= 15 is 0 Å². The molecular formula is C18H10N2O5. The van der Waals surface area contributed by atoms with Crippen LogP contribution in [0.2, 0.25) is 0 Å². The van der Waals surface area contributed by atoms with Crippen molar-refractivity contribution < 1.29 is 13.6 Å². The first kappa shape index (κ1) is 14.8. The summed E-state index contributed by atoms with van der Waals surface area (Å²) in [6.45, 7) is 0. The Morgan fingerprint density at radius 1 is 0.960 bits per heavy atom. The standard InChI is InChI=1S/C18H10N2O5/c21-16(10-4-3-7-19-9-10)20-13-8-12-15(25-18(13)23)11-5-1-2-6-14(11)24-17(12)22/h1-9H,(H,20,21). The van der Waals surface area contributed by atoms with Crippen molar-refractivity contribution in [3.63, 3.8) is 0 Å². The van der Waals surface area contributed by atoms with Crippen molar-refractivity contribution in [1.29, 1.82) is 0 Å². The van der Waals surface area contributed by atoms with Crippen molar-refractivity contribution in [2.45, 2.75) is 0 Å². The summed E-state index contributed by atoms with van der Waals surface area (Å²) in [4.78, 5) is 40.4. The van der Waals surface area contributed by atoms with Gasteiger partial charge in [-0.3, -0.25) is 9.78 Å². The maximum absolute atomic E-state index is 12.2. The number of benzene rings is 1. The van der Waals surface area contributed by atoms with E-state index in [1.165, 1.54) is 18.5 Å². The molecule has 0 aliphatic carbocycles. The Kier molecular flexibility index (Phi) is 3.39. The number of nitrogens with zero attached hydrogens (tertiary/aromatic N) is 1. The molecule has 0 saturated carbocycles. The molecule has 0 spiro atoms. The zero-order valence-electron chi connectivity index (χ0n) is 12.7. The van der Waals surface area contributed by atoms with Gasteiger partial charge in [0.25, 0.3) is 5.91 Å². The average molecular weight is 334 g/mol. The summed E-state index contributed by atoms with van der Waals surface area (Å²) in [6.07, 6.45) is 2.89. The Balaban J connectivity index is 1.87. The van der Waals surface area contributed by atoms with Gasteiger partial charge < -0.3 is 14.2 Å². The Labute approximate surface area is 139 Å². The average Bonchev–Trinajstić information content (AvgIpc) is 2.63. The minimum Gasteiger partial charge on any atom is -0.422 e. The van der Waals surface area contributed by atoms with E-state index < -0.39 is 17.2 Å². The molecule has 0 radical (unpaired) electrons. The number of hydrogen-bond acceptors (Lipinski definition) is 6. The van der Waals surface area contributed by atoms with E-state index in [9.17, 15) is 14.4 Å². The Morgan fingerprint density at radius 3 is 2.60 bits per heavy atom. The number of pyridine rings is 1. The maximum atomic E-state index is 12.2. The first-order chi connectivity index (χ1) is 12.1. The second-order valence-electron chi connectivity index (χ2n) is 5.27. The van der Waals surface area contributed by atoms with Crippen LogP contribution in [0.1, 0.15) is 10.4 Å². The van der Waals surface area contributed by atoms with Gasteiger partial charge in [-0.15, -0.1) is 0 Å². The van der Waals surface area contributed by atoms with Gasteiger partial charge in [0.1, 0.15) is 16.7 Å². The molecule has 3 aromatic heterocycles. The minimum atomic E-state index is -0.763. The molecule has 7 nitrogen and oxygen atoms in total. The van der Waals surface area contributed by atoms with Crippen molar-refractivity contribution in [2.75, 3.05) is 5.32 Å². The fourth-order valence-electron chi connectivity index (χ4n) is 2.50. The van der Waals surface area contributed by atoms with Crippen molar-refractivity contribution in [3.8, 4) is 0 Å². The molecule has 7 heteroatoms. The minimum absolute atomic E-state index is 0.0692. The summed E-state index contributed by atoms with van der Waals surface area (Å²) in [5.41, 5.74) is -0.863. The number of hydrogen-bond donors (Lipinski definition) is 1. The first-order valence-electron chi connectivity index (χ1n) is 7.34. The lowest BCUT2D eigenvalue weighted by molar-refractivity contribution is 0.102. The van der Waals surface area contributed by atoms with Gasteiger partial charge in [-0.1, -0.05) is 12.1 Å². The number of aromatic nitrogens is 1. The number of para-hydroxylation sites is 1. The van der Waals surface area contributed by atoms with Crippen molar-refractivity contribution in [1.82, 2.24) is 4.98 Å². The highest BCUT2D eigenvalue weighted by atomic mass is 16.4. The predicted molar refractivity (Wildman–Crippen MR) is 90.7 cm³/mol. The molecular weight excluding hydrogens is 324 g/mol. The molecule has 1 N–H and O–H groups in total. The topological polar surface area (TPSA) is 102 Å². The Hall–Kier alpha value is -3.74. The summed E-state index contributed by atoms with van der Waals surface area (Å²) in [5, 5.41) is 3.00. The quantitative estimate of drug-likeness (QED) is 0.446. The van der Waals surface area contributed by atoms with Crippen LogP contribution in [0.5, 0.6) is 0 Å². The monoisotopic (exact) mass is 334 g/mol. The van der Waals surface area contributed by atoms with Gasteiger partial charge in [0, 0.05) is 12.4 Å². The zero-order chi connectivity index (χ0) is 17.4. The number of carbonyl (C=O) groups excluding carboxylic acids is 1. The van der Waals surface area contributed by atoms with Gasteiger partial charge in [-0.05, 0) is 30.3 Å². The number of fused-ring (bicyclic) bond motifs is 3. The lowest BCUT2D eigenvalue weighted by Crippen LogP contribution is -2.18. The highest BCUT2D eigenvalue weighted by molar-refractivity contribution is 6.06. The third-order valence-corrected chi connectivity index (χ3v) is 3.67. The van der Waals surface area contributed by atoms with Crippen LogP contribution in [0.4, 0.5) is 5.69 Å². The molecule has 1 aromatic carbocycles. The normalized spacial score (nSPS) is 10.9. The SMILES string of the molecule is O=C(Nc1cc2c(=O)oc3ccccc3c2oc1=O)c1cccnc1. The van der Waals surface area contributed by atoms with Crippen LogP contribution in [0.3, 0.4) is 0 Å². The van der Waals surface area contributed by atoms with Gasteiger partial charge in [0.2, 0.25) is 0 Å². The van der Waals surface area contributed by atoms with Gasteiger partial charge in [-0.2, -0.15) is 0 Å². The summed E-state index contributed by atoms with van der Waals surface area (Å²) >= 11 is 0. The number of anilines is 1. The van der Waals surface area contributed by atoms with E-state index in [0.29, 0.717) is 11.0 Å². The van der Waals surface area contributed by atoms with E-state index in [-0.39, 0.29) is 22.2 Å². The highest BCUT2D eigenvalue weighted by Crippen LogP contribution is 2.22. The highest BCUT2D eigenvalue weighted by Gasteiger charge is 2.15. The lowest BCUT2D eigenvalue weighted by Gasteiger charge is -2.05. The molecule has 4 rings (SSSR count). The van der Waals surface area contributed by atoms with Gasteiger partial charge in [0.05, 0.1) is 10.9 Å². The second-order valence-corrected chi connectivity index (χ2v) is 5.27. The predicted octanol–water partition coefficient (Wildman–Crippen LogP) is 2.55. The Bertz CT molecular complexity index is 1230. The van der Waals surface area contributed by atoms with E-state index in [1.807, 2.05) is 0 Å². The summed E-state index contributed by atoms with van der Waals surface area (Å²) < 4.78 is 10.5. The number of rotatable bonds is 2. The molecule has 3 heterocycles. The number of carbonyl (C=O) groups is 1. The molecule has 25 heavy (non-hydrogen) atoms. The summed E-state index contributed by atoms with van der Waals surface area (Å²) in [6, 6.07) is 11.1. The maximum Gasteiger partial charge on any atom is 0.360 e. The van der Waals surface area contributed by atoms with Crippen LogP contribution < -0.4 is 16.6 Å². The molecule has 1 amide bonds. The smallest absolute Gasteiger partial charge is 0.360 e. The molecule has 4 aromatic rings. The van der Waals surface area contributed by atoms with E-state index in [4.69, 9.17) is 8.83 Å². The molecule has 0 saturated heterocycles. The van der Waals surface area contributed by atoms with Crippen LogP contribution in [0.15, 0.2) is 73.3 Å². The number of nitrogens with one attached hydrogen (secondary N) is 1. The molecule has 0 bridgehead atoms. The van der Waals surface area contributed by atoms with Gasteiger partial charge >= 0.3 is 11.3 Å². The van der Waals surface area contributed by atoms with Crippen molar-refractivity contribution >= 4 is 33.5 Å². The van der Waals surface area contributed by atoms with Crippen LogP contribution >= 0.6 is 0 Å². The van der Waals surface area contributed by atoms with Crippen LogP contribution in [-0.2, 0) is 0 Å². The van der Waals surface area contributed by atoms with E-state index in [0.717, 1.165) is 0 Å². The number of amides is 1. The van der Waals surface area contributed by atoms with E-state index in [1.54, 1.807) is 36.4 Å². The molecule has 0 aliphatic heterocycles. The molecule has 0 atom stereocenters. The zero-order valence-corrected chi connectivity index (χ0v) is 12.7. The third kappa shape index (κ3) is 2.57. The van der Waals surface area contributed by atoms with Crippen LogP contribution in [-0.4, -0.2) is 10.9 Å². The Morgan fingerprint density at radius 2 is 1.80 bits per heavy atom. The summed E-state index contributed by atoms with van der Waals surface area (Å²) in [7, 11) is 0. The molecule has 0 fully saturated rings. The van der Waals surface area contributed by atoms with E-state index in [2.05, 4.69) is 10.3 Å². The van der Waals surface area contributed by atoms with Crippen molar-refractivity contribution in [3.05, 3.63) is 81.3 Å². The largest absolute Gasteiger partial charge is 0.422 e. The first-order valence-corrected chi connectivity index (χ1v) is 7.34.